The van der Waals surface area contributed by atoms with E-state index in [1.807, 2.05) is 18.2 Å². The number of carbonyl (C=O) groups is 1. The molecule has 2 aliphatic carbocycles. The van der Waals surface area contributed by atoms with Crippen molar-refractivity contribution in [2.75, 3.05) is 32.7 Å². The third kappa shape index (κ3) is 5.53. The summed E-state index contributed by atoms with van der Waals surface area (Å²) in [5.74, 6) is 2.19. The van der Waals surface area contributed by atoms with Gasteiger partial charge in [0.1, 0.15) is 5.54 Å². The van der Waals surface area contributed by atoms with Gasteiger partial charge in [0, 0.05) is 56.7 Å². The van der Waals surface area contributed by atoms with Crippen molar-refractivity contribution in [2.24, 2.45) is 10.9 Å². The monoisotopic (exact) mass is 466 g/mol. The van der Waals surface area contributed by atoms with Crippen LogP contribution in [0.15, 0.2) is 47.7 Å². The highest BCUT2D eigenvalue weighted by Crippen LogP contribution is 2.41. The zero-order valence-corrected chi connectivity index (χ0v) is 19.7. The van der Waals surface area contributed by atoms with Gasteiger partial charge < -0.3 is 10.2 Å². The van der Waals surface area contributed by atoms with Crippen LogP contribution in [0.4, 0.5) is 0 Å². The van der Waals surface area contributed by atoms with E-state index in [-0.39, 0.29) is 5.91 Å². The summed E-state index contributed by atoms with van der Waals surface area (Å²) >= 11 is 6.36. The van der Waals surface area contributed by atoms with Gasteiger partial charge in [0.2, 0.25) is 5.91 Å². The van der Waals surface area contributed by atoms with Gasteiger partial charge in [-0.15, -0.1) is 0 Å². The number of rotatable bonds is 8. The molecule has 3 fully saturated rings. The molecule has 0 radical (unpaired) electrons. The van der Waals surface area contributed by atoms with Crippen LogP contribution in [0, 0.1) is 5.92 Å². The van der Waals surface area contributed by atoms with Gasteiger partial charge in [0.25, 0.3) is 0 Å². The average molecular weight is 467 g/mol. The van der Waals surface area contributed by atoms with Crippen LogP contribution in [-0.2, 0) is 11.3 Å². The van der Waals surface area contributed by atoms with Gasteiger partial charge in [-0.25, -0.2) is 15.0 Å². The van der Waals surface area contributed by atoms with E-state index in [0.717, 1.165) is 80.9 Å². The molecule has 1 aromatic heterocycles. The van der Waals surface area contributed by atoms with E-state index >= 15 is 0 Å². The number of halogens is 1. The summed E-state index contributed by atoms with van der Waals surface area (Å²) in [5, 5.41) is 3.94. The number of nitrogens with zero attached hydrogens (tertiary/aromatic N) is 5. The Balaban J connectivity index is 1.27. The molecule has 1 N–H and O–H groups in total. The van der Waals surface area contributed by atoms with E-state index < -0.39 is 5.54 Å². The van der Waals surface area contributed by atoms with Crippen molar-refractivity contribution in [1.29, 1.82) is 0 Å². The summed E-state index contributed by atoms with van der Waals surface area (Å²) in [6.07, 6.45) is 8.72. The van der Waals surface area contributed by atoms with E-state index in [4.69, 9.17) is 16.6 Å². The van der Waals surface area contributed by atoms with Crippen LogP contribution >= 0.6 is 11.6 Å². The maximum Gasteiger partial charge on any atom is 0.248 e. The summed E-state index contributed by atoms with van der Waals surface area (Å²) in [7, 11) is 0. The maximum atomic E-state index is 13.0. The summed E-state index contributed by atoms with van der Waals surface area (Å²) in [6, 6.07) is 9.82. The van der Waals surface area contributed by atoms with Crippen molar-refractivity contribution >= 4 is 23.3 Å². The van der Waals surface area contributed by atoms with Crippen LogP contribution in [0.3, 0.4) is 0 Å². The van der Waals surface area contributed by atoms with Gasteiger partial charge in [0.05, 0.1) is 0 Å². The number of amides is 1. The number of hydrogen-bond acceptors (Lipinski definition) is 5. The molecule has 5 rings (SSSR count). The number of piperazine rings is 1. The Morgan fingerprint density at radius 1 is 1.09 bits per heavy atom. The fourth-order valence-electron chi connectivity index (χ4n) is 4.33. The molecule has 0 spiro atoms. The largest absolute Gasteiger partial charge is 0.354 e. The Hall–Kier alpha value is -2.51. The summed E-state index contributed by atoms with van der Waals surface area (Å²) in [5.41, 5.74) is 0.486. The van der Waals surface area contributed by atoms with Crippen molar-refractivity contribution in [3.63, 3.8) is 0 Å². The summed E-state index contributed by atoms with van der Waals surface area (Å²) in [4.78, 5) is 31.6. The summed E-state index contributed by atoms with van der Waals surface area (Å²) < 4.78 is 0. The number of carbonyl (C=O) groups excluding carboxylic acids is 1. The lowest BCUT2D eigenvalue weighted by atomic mass is 10.2. The molecule has 0 unspecified atom stereocenters. The average Bonchev–Trinajstić information content (AvgIpc) is 3.77. The Morgan fingerprint density at radius 2 is 1.82 bits per heavy atom. The van der Waals surface area contributed by atoms with Gasteiger partial charge in [-0.3, -0.25) is 9.69 Å². The molecule has 2 saturated carbocycles. The van der Waals surface area contributed by atoms with Crippen LogP contribution in [-0.4, -0.2) is 69.8 Å². The molecule has 1 aromatic carbocycles. The number of aromatic nitrogens is 2. The molecule has 2 aromatic rings. The van der Waals surface area contributed by atoms with Crippen LogP contribution < -0.4 is 5.32 Å². The Bertz CT molecular complexity index is 997. The number of amidine groups is 1. The first-order valence-electron chi connectivity index (χ1n) is 12.0. The highest BCUT2D eigenvalue weighted by molar-refractivity contribution is 6.31. The van der Waals surface area contributed by atoms with Crippen LogP contribution in [0.1, 0.15) is 43.5 Å². The van der Waals surface area contributed by atoms with E-state index in [9.17, 15) is 4.79 Å². The van der Waals surface area contributed by atoms with E-state index in [1.54, 1.807) is 18.5 Å². The highest BCUT2D eigenvalue weighted by Gasteiger charge is 2.51. The molecule has 3 aliphatic rings. The predicted molar refractivity (Wildman–Crippen MR) is 129 cm³/mol. The summed E-state index contributed by atoms with van der Waals surface area (Å²) in [6.45, 7) is 4.96. The molecule has 1 saturated heterocycles. The highest BCUT2D eigenvalue weighted by atomic mass is 35.5. The number of benzene rings is 1. The predicted octanol–water partition coefficient (Wildman–Crippen LogP) is 3.14. The van der Waals surface area contributed by atoms with Gasteiger partial charge in [-0.05, 0) is 42.9 Å². The lowest BCUT2D eigenvalue weighted by Crippen LogP contribution is -2.49. The molecule has 1 amide bonds. The number of nitrogens with one attached hydrogen (secondary N) is 1. The second-order valence-electron chi connectivity index (χ2n) is 9.38. The molecule has 2 heterocycles. The van der Waals surface area contributed by atoms with Gasteiger partial charge in [-0.2, -0.15) is 0 Å². The van der Waals surface area contributed by atoms with Crippen molar-refractivity contribution < 1.29 is 4.79 Å². The smallest absolute Gasteiger partial charge is 0.248 e. The quantitative estimate of drug-likeness (QED) is 0.478. The minimum absolute atomic E-state index is 0.0499. The van der Waals surface area contributed by atoms with Gasteiger partial charge in [-0.1, -0.05) is 42.6 Å². The molecule has 0 bridgehead atoms. The van der Waals surface area contributed by atoms with Crippen molar-refractivity contribution in [3.05, 3.63) is 59.1 Å². The minimum atomic E-state index is -0.660. The third-order valence-electron chi connectivity index (χ3n) is 6.79. The molecular weight excluding hydrogens is 436 g/mol. The zero-order chi connectivity index (χ0) is 22.7. The van der Waals surface area contributed by atoms with Gasteiger partial charge >= 0.3 is 0 Å². The first-order chi connectivity index (χ1) is 16.1. The fourth-order valence-corrected chi connectivity index (χ4v) is 4.53. The van der Waals surface area contributed by atoms with Crippen LogP contribution in [0.2, 0.25) is 5.02 Å². The second kappa shape index (κ2) is 9.77. The topological polar surface area (TPSA) is 73.7 Å². The SMILES string of the molecule is O=C(NCCC1CC1)C1(N=C(c2ncccn2)N2CCN(Cc3ccccc3Cl)CC2)CC1. The fraction of sp³-hybridized carbons (Fsp3) is 0.520. The van der Waals surface area contributed by atoms with Crippen molar-refractivity contribution in [2.45, 2.75) is 44.2 Å². The Labute approximate surface area is 200 Å². The molecular formula is C25H31ClN6O. The zero-order valence-electron chi connectivity index (χ0n) is 18.9. The van der Waals surface area contributed by atoms with E-state index in [1.165, 1.54) is 12.8 Å². The van der Waals surface area contributed by atoms with Crippen molar-refractivity contribution in [3.8, 4) is 0 Å². The standard InChI is InChI=1S/C25H31ClN6O/c26-21-5-2-1-4-20(21)18-31-14-16-32(17-15-31)23(22-27-11-3-12-28-22)30-25(9-10-25)24(33)29-13-8-19-6-7-19/h1-5,11-12,19H,6-10,13-18H2,(H,29,33). The lowest BCUT2D eigenvalue weighted by Gasteiger charge is -2.36. The first kappa shape index (κ1) is 22.3. The molecule has 174 valence electrons. The molecule has 33 heavy (non-hydrogen) atoms. The number of aliphatic imine (C=N–C) groups is 1. The normalized spacial score (nSPS) is 20.5. The Morgan fingerprint density at radius 3 is 2.48 bits per heavy atom. The molecule has 1 aliphatic heterocycles. The van der Waals surface area contributed by atoms with E-state index in [0.29, 0.717) is 5.82 Å². The molecule has 0 atom stereocenters. The molecule has 7 nitrogen and oxygen atoms in total. The van der Waals surface area contributed by atoms with Crippen LogP contribution in [0.25, 0.3) is 0 Å². The van der Waals surface area contributed by atoms with Crippen LogP contribution in [0.5, 0.6) is 0 Å². The lowest BCUT2D eigenvalue weighted by molar-refractivity contribution is -0.123. The third-order valence-corrected chi connectivity index (χ3v) is 7.16. The number of hydrogen-bond donors (Lipinski definition) is 1. The Kier molecular flexibility index (Phi) is 6.60. The first-order valence-corrected chi connectivity index (χ1v) is 12.4. The maximum absolute atomic E-state index is 13.0. The van der Waals surface area contributed by atoms with Gasteiger partial charge in [0.15, 0.2) is 11.7 Å². The second-order valence-corrected chi connectivity index (χ2v) is 9.79. The molecule has 8 heteroatoms. The van der Waals surface area contributed by atoms with Crippen molar-refractivity contribution in [1.82, 2.24) is 25.1 Å². The van der Waals surface area contributed by atoms with E-state index in [2.05, 4.69) is 31.2 Å². The minimum Gasteiger partial charge on any atom is -0.354 e.